The van der Waals surface area contributed by atoms with Crippen LogP contribution in [0.3, 0.4) is 0 Å². The van der Waals surface area contributed by atoms with Crippen LogP contribution in [0.15, 0.2) is 207 Å². The van der Waals surface area contributed by atoms with Gasteiger partial charge in [-0.05, 0) is 63.1 Å². The van der Waals surface area contributed by atoms with Gasteiger partial charge >= 0.3 is 0 Å². The maximum atomic E-state index is 8.70. The molecule has 0 bridgehead atoms. The van der Waals surface area contributed by atoms with E-state index in [9.17, 15) is 0 Å². The fraction of sp³-hybridized carbons (Fsp3) is 0.0833. The highest BCUT2D eigenvalue weighted by atomic mass is 35.5. The predicted molar refractivity (Wildman–Crippen MR) is 217 cm³/mol. The second-order valence-electron chi connectivity index (χ2n) is 12.4. The largest absolute Gasteiger partial charge is 0.396 e. The van der Waals surface area contributed by atoms with Crippen LogP contribution in [-0.4, -0.2) is 11.7 Å². The van der Waals surface area contributed by atoms with Crippen molar-refractivity contribution in [1.82, 2.24) is 0 Å². The first-order valence-electron chi connectivity index (χ1n) is 17.3. The molecule has 0 fully saturated rings. The van der Waals surface area contributed by atoms with E-state index in [0.717, 1.165) is 44.5 Å². The summed E-state index contributed by atoms with van der Waals surface area (Å²) in [7, 11) is 0. The highest BCUT2D eigenvalue weighted by Crippen LogP contribution is 2.51. The minimum atomic E-state index is -0.925. The van der Waals surface area contributed by atoms with Gasteiger partial charge in [0.1, 0.15) is 11.2 Å². The lowest BCUT2D eigenvalue weighted by Crippen LogP contribution is -2.44. The normalized spacial score (nSPS) is 11.3. The van der Waals surface area contributed by atoms with Crippen molar-refractivity contribution in [3.63, 3.8) is 0 Å². The zero-order valence-electron chi connectivity index (χ0n) is 28.8. The molecule has 1 N–H and O–H groups in total. The average molecular weight is 720 g/mol. The molecule has 0 radical (unpaired) electrons. The molecule has 0 aliphatic carbocycles. The first-order chi connectivity index (χ1) is 25.5. The second kappa shape index (κ2) is 17.3. The highest BCUT2D eigenvalue weighted by molar-refractivity contribution is 6.42. The van der Waals surface area contributed by atoms with Crippen LogP contribution in [0.2, 0.25) is 10.0 Å². The van der Waals surface area contributed by atoms with E-state index in [1.54, 1.807) is 12.1 Å². The third-order valence-electron chi connectivity index (χ3n) is 9.13. The van der Waals surface area contributed by atoms with Crippen molar-refractivity contribution >= 4 is 28.8 Å². The molecule has 0 unspecified atom stereocenters. The molecular weight excluding hydrogens is 679 g/mol. The summed E-state index contributed by atoms with van der Waals surface area (Å²) >= 11 is 11.6. The molecule has 7 rings (SSSR count). The van der Waals surface area contributed by atoms with Crippen LogP contribution in [0.1, 0.15) is 45.4 Å². The summed E-state index contributed by atoms with van der Waals surface area (Å²) in [6, 6.07) is 68.8. The monoisotopic (exact) mass is 718 g/mol. The third kappa shape index (κ3) is 7.82. The summed E-state index contributed by atoms with van der Waals surface area (Å²) in [4.78, 5) is 0. The first-order valence-corrected chi connectivity index (χ1v) is 18.0. The van der Waals surface area contributed by atoms with Crippen LogP contribution in [0.5, 0.6) is 0 Å². The Hall–Kier alpha value is -5.22. The molecule has 0 heterocycles. The molecule has 7 aromatic carbocycles. The lowest BCUT2D eigenvalue weighted by molar-refractivity contribution is -0.0810. The summed E-state index contributed by atoms with van der Waals surface area (Å²) in [5.74, 6) is 0. The molecule has 0 aromatic heterocycles. The van der Waals surface area contributed by atoms with Gasteiger partial charge in [-0.25, -0.2) is 0 Å². The maximum absolute atomic E-state index is 8.70. The van der Waals surface area contributed by atoms with Gasteiger partial charge in [-0.3, -0.25) is 0 Å². The van der Waals surface area contributed by atoms with Crippen LogP contribution in [0.4, 0.5) is 0 Å². The molecule has 2 nitrogen and oxygen atoms in total. The van der Waals surface area contributed by atoms with E-state index >= 15 is 0 Å². The predicted octanol–water partition coefficient (Wildman–Crippen LogP) is 12.4. The fourth-order valence-corrected chi connectivity index (χ4v) is 6.91. The Morgan fingerprint density at radius 2 is 0.731 bits per heavy atom. The third-order valence-corrected chi connectivity index (χ3v) is 9.87. The summed E-state index contributed by atoms with van der Waals surface area (Å²) in [5.41, 5.74) is 6.32. The van der Waals surface area contributed by atoms with Crippen LogP contribution in [-0.2, 0) is 15.9 Å². The molecule has 0 aliphatic heterocycles. The zero-order chi connectivity index (χ0) is 36.2. The van der Waals surface area contributed by atoms with E-state index in [1.807, 2.05) is 6.07 Å². The van der Waals surface area contributed by atoms with Gasteiger partial charge < -0.3 is 9.84 Å². The van der Waals surface area contributed by atoms with E-state index < -0.39 is 11.2 Å². The number of aliphatic hydroxyl groups excluding tert-OH is 1. The number of ether oxygens (including phenoxy) is 1. The number of halogens is 2. The highest BCUT2D eigenvalue weighted by Gasteiger charge is 2.48. The van der Waals surface area contributed by atoms with Gasteiger partial charge in [-0.1, -0.05) is 218 Å². The Morgan fingerprint density at radius 1 is 0.442 bits per heavy atom. The minimum Gasteiger partial charge on any atom is -0.396 e. The number of hydrogen-bond acceptors (Lipinski definition) is 2. The van der Waals surface area contributed by atoms with Gasteiger partial charge in [-0.2, -0.15) is 0 Å². The van der Waals surface area contributed by atoms with Crippen molar-refractivity contribution in [3.8, 4) is 0 Å². The Labute approximate surface area is 317 Å². The fourth-order valence-electron chi connectivity index (χ4n) is 6.62. The Balaban J connectivity index is 0.000000303. The molecule has 0 saturated heterocycles. The van der Waals surface area contributed by atoms with Crippen molar-refractivity contribution in [2.75, 3.05) is 6.61 Å². The molecule has 52 heavy (non-hydrogen) atoms. The van der Waals surface area contributed by atoms with Gasteiger partial charge in [0.2, 0.25) is 0 Å². The number of rotatable bonds is 11. The minimum absolute atomic E-state index is 0.0963. The molecule has 7 aromatic rings. The van der Waals surface area contributed by atoms with Crippen molar-refractivity contribution in [1.29, 1.82) is 0 Å². The van der Waals surface area contributed by atoms with E-state index in [-0.39, 0.29) is 6.61 Å². The van der Waals surface area contributed by atoms with Crippen molar-refractivity contribution in [3.05, 3.63) is 256 Å². The lowest BCUT2D eigenvalue weighted by atomic mass is 9.75. The zero-order valence-corrected chi connectivity index (χ0v) is 30.3. The quantitative estimate of drug-likeness (QED) is 0.135. The van der Waals surface area contributed by atoms with Gasteiger partial charge in [0.25, 0.3) is 0 Å². The van der Waals surface area contributed by atoms with Crippen LogP contribution in [0.25, 0.3) is 5.57 Å². The SMILES string of the molecule is C=C(CCO)c1ccc(Cl)c(Cl)c1.c1ccc(C(OC(c2ccccc2)(c2ccccc2)c2ccccc2)(c2ccccc2)c2ccccc2)cc1. The number of benzene rings is 7. The molecule has 258 valence electrons. The molecule has 0 aliphatic rings. The van der Waals surface area contributed by atoms with Crippen LogP contribution in [0, 0.1) is 0 Å². The van der Waals surface area contributed by atoms with Gasteiger partial charge in [0.15, 0.2) is 0 Å². The number of aliphatic hydroxyl groups is 1. The van der Waals surface area contributed by atoms with Gasteiger partial charge in [0, 0.05) is 6.61 Å². The topological polar surface area (TPSA) is 29.5 Å². The molecule has 0 saturated carbocycles. The second-order valence-corrected chi connectivity index (χ2v) is 13.2. The summed E-state index contributed by atoms with van der Waals surface area (Å²) in [6.45, 7) is 3.92. The number of hydrogen-bond donors (Lipinski definition) is 1. The molecule has 4 heteroatoms. The maximum Gasteiger partial charge on any atom is 0.145 e. The van der Waals surface area contributed by atoms with Gasteiger partial charge in [0.05, 0.1) is 10.0 Å². The van der Waals surface area contributed by atoms with E-state index in [4.69, 9.17) is 33.0 Å². The standard InChI is InChI=1S/C38H30O.C10H10Cl2O/c1-7-19-31(20-8-1)37(32-21-9-2-10-22-32,33-23-11-3-12-24-33)39-38(34-25-13-4-14-26-34,35-27-15-5-16-28-35)36-29-17-6-18-30-36;1-7(4-5-13)8-2-3-9(11)10(12)6-8/h1-30H;2-3,6,13H,1,4-5H2. The van der Waals surface area contributed by atoms with E-state index in [2.05, 4.69) is 189 Å². The molecular formula is C48H40Cl2O2. The summed E-state index contributed by atoms with van der Waals surface area (Å²) in [5, 5.41) is 9.74. The Kier molecular flexibility index (Phi) is 12.2. The Bertz CT molecular complexity index is 1820. The van der Waals surface area contributed by atoms with E-state index in [1.165, 1.54) is 0 Å². The first kappa shape index (κ1) is 36.6. The smallest absolute Gasteiger partial charge is 0.145 e. The van der Waals surface area contributed by atoms with Crippen molar-refractivity contribution in [2.45, 2.75) is 17.6 Å². The van der Waals surface area contributed by atoms with Crippen molar-refractivity contribution in [2.24, 2.45) is 0 Å². The molecule has 0 atom stereocenters. The summed E-state index contributed by atoms with van der Waals surface area (Å²) < 4.78 is 7.94. The van der Waals surface area contributed by atoms with Crippen LogP contribution < -0.4 is 0 Å². The molecule has 0 amide bonds. The Morgan fingerprint density at radius 3 is 0.981 bits per heavy atom. The molecule has 0 spiro atoms. The van der Waals surface area contributed by atoms with Crippen LogP contribution >= 0.6 is 23.2 Å². The van der Waals surface area contributed by atoms with Crippen molar-refractivity contribution < 1.29 is 9.84 Å². The van der Waals surface area contributed by atoms with E-state index in [0.29, 0.717) is 16.5 Å². The lowest BCUT2D eigenvalue weighted by Gasteiger charge is -2.46. The average Bonchev–Trinajstić information content (AvgIpc) is 3.22. The summed E-state index contributed by atoms with van der Waals surface area (Å²) in [6.07, 6.45) is 0.554. The van der Waals surface area contributed by atoms with Gasteiger partial charge in [-0.15, -0.1) is 0 Å².